The summed E-state index contributed by atoms with van der Waals surface area (Å²) in [4.78, 5) is 0. The van der Waals surface area contributed by atoms with E-state index in [0.29, 0.717) is 12.6 Å². The Balaban J connectivity index is 2.24. The minimum Gasteiger partial charge on any atom is -0.316 e. The molecule has 10 heavy (non-hydrogen) atoms. The van der Waals surface area contributed by atoms with Crippen molar-refractivity contribution >= 4 is 7.52 Å². The molecule has 0 aliphatic carbocycles. The van der Waals surface area contributed by atoms with Crippen molar-refractivity contribution in [2.45, 2.75) is 18.9 Å². The number of fused-ring (bicyclic) bond motifs is 1. The molecule has 2 saturated heterocycles. The Bertz CT molecular complexity index is 194. The van der Waals surface area contributed by atoms with Crippen molar-refractivity contribution < 1.29 is 9.09 Å². The van der Waals surface area contributed by atoms with Gasteiger partial charge in [0.2, 0.25) is 0 Å². The van der Waals surface area contributed by atoms with Crippen molar-refractivity contribution in [3.8, 4) is 0 Å². The summed E-state index contributed by atoms with van der Waals surface area (Å²) in [6.45, 7) is 3.38. The van der Waals surface area contributed by atoms with E-state index in [1.54, 1.807) is 6.66 Å². The Morgan fingerprint density at radius 1 is 1.70 bits per heavy atom. The molecule has 2 aliphatic rings. The molecular weight excluding hydrogens is 149 g/mol. The molecule has 3 nitrogen and oxygen atoms in total. The Kier molecular flexibility index (Phi) is 1.41. The molecule has 0 radical (unpaired) electrons. The van der Waals surface area contributed by atoms with Crippen LogP contribution in [0.4, 0.5) is 0 Å². The van der Waals surface area contributed by atoms with Crippen molar-refractivity contribution in [1.82, 2.24) is 4.67 Å². The normalized spacial score (nSPS) is 47.9. The highest BCUT2D eigenvalue weighted by molar-refractivity contribution is 7.55. The lowest BCUT2D eigenvalue weighted by Crippen LogP contribution is -2.20. The molecule has 0 aromatic carbocycles. The molecule has 4 heteroatoms. The van der Waals surface area contributed by atoms with E-state index in [-0.39, 0.29) is 0 Å². The summed E-state index contributed by atoms with van der Waals surface area (Å²) in [6.07, 6.45) is 2.35. The number of hydrogen-bond donors (Lipinski definition) is 0. The molecule has 0 bridgehead atoms. The van der Waals surface area contributed by atoms with Crippen LogP contribution >= 0.6 is 7.52 Å². The van der Waals surface area contributed by atoms with Gasteiger partial charge in [-0.1, -0.05) is 0 Å². The smallest absolute Gasteiger partial charge is 0.269 e. The summed E-state index contributed by atoms with van der Waals surface area (Å²) in [5, 5.41) is 0. The van der Waals surface area contributed by atoms with Crippen LogP contribution in [0.2, 0.25) is 0 Å². The topological polar surface area (TPSA) is 29.5 Å². The highest BCUT2D eigenvalue weighted by Gasteiger charge is 2.42. The predicted molar refractivity (Wildman–Crippen MR) is 39.2 cm³/mol. The van der Waals surface area contributed by atoms with Gasteiger partial charge in [0.1, 0.15) is 0 Å². The lowest BCUT2D eigenvalue weighted by Gasteiger charge is -2.16. The van der Waals surface area contributed by atoms with Crippen LogP contribution in [0.15, 0.2) is 0 Å². The van der Waals surface area contributed by atoms with E-state index in [0.717, 1.165) is 13.0 Å². The molecule has 58 valence electrons. The molecule has 0 amide bonds. The molecule has 1 unspecified atom stereocenters. The van der Waals surface area contributed by atoms with E-state index >= 15 is 0 Å². The largest absolute Gasteiger partial charge is 0.316 e. The first kappa shape index (κ1) is 6.84. The number of hydrogen-bond acceptors (Lipinski definition) is 2. The van der Waals surface area contributed by atoms with E-state index in [1.807, 2.05) is 4.67 Å². The van der Waals surface area contributed by atoms with Crippen LogP contribution in [0, 0.1) is 0 Å². The second-order valence-corrected chi connectivity index (χ2v) is 5.44. The third kappa shape index (κ3) is 0.849. The van der Waals surface area contributed by atoms with Gasteiger partial charge in [-0.3, -0.25) is 4.57 Å². The molecule has 2 aliphatic heterocycles. The number of nitrogens with zero attached hydrogens (tertiary/aromatic N) is 1. The monoisotopic (exact) mass is 161 g/mol. The van der Waals surface area contributed by atoms with Gasteiger partial charge >= 0.3 is 0 Å². The van der Waals surface area contributed by atoms with Crippen LogP contribution in [-0.2, 0) is 9.09 Å². The lowest BCUT2D eigenvalue weighted by molar-refractivity contribution is 0.329. The first-order chi connectivity index (χ1) is 4.70. The van der Waals surface area contributed by atoms with Gasteiger partial charge in [-0.2, -0.15) is 0 Å². The highest BCUT2D eigenvalue weighted by atomic mass is 31.2. The van der Waals surface area contributed by atoms with E-state index in [9.17, 15) is 4.57 Å². The maximum Gasteiger partial charge on any atom is 0.269 e. The minimum atomic E-state index is -2.31. The van der Waals surface area contributed by atoms with Gasteiger partial charge in [-0.05, 0) is 12.8 Å². The first-order valence-electron chi connectivity index (χ1n) is 3.69. The maximum absolute atomic E-state index is 11.5. The maximum atomic E-state index is 11.5. The standard InChI is InChI=1S/C6H12NO2P/c1-10(8)7-4-2-3-6(7)5-9-10/h6H,2-5H2,1H3/t6-,10?/m0/s1. The van der Waals surface area contributed by atoms with Crippen molar-refractivity contribution in [3.05, 3.63) is 0 Å². The van der Waals surface area contributed by atoms with Gasteiger partial charge in [0.25, 0.3) is 7.52 Å². The summed E-state index contributed by atoms with van der Waals surface area (Å²) >= 11 is 0. The van der Waals surface area contributed by atoms with Crippen LogP contribution < -0.4 is 0 Å². The number of rotatable bonds is 0. The Hall–Kier alpha value is 0.150. The minimum absolute atomic E-state index is 0.468. The fourth-order valence-electron chi connectivity index (χ4n) is 1.77. The predicted octanol–water partition coefficient (Wildman–Crippen LogP) is 1.30. The molecule has 2 atom stereocenters. The fraction of sp³-hybridized carbons (Fsp3) is 1.00. The summed E-state index contributed by atoms with van der Waals surface area (Å²) in [5.41, 5.74) is 0. The molecule has 0 spiro atoms. The second kappa shape index (κ2) is 2.07. The van der Waals surface area contributed by atoms with E-state index in [1.165, 1.54) is 6.42 Å². The zero-order chi connectivity index (χ0) is 7.19. The van der Waals surface area contributed by atoms with Crippen molar-refractivity contribution in [1.29, 1.82) is 0 Å². The van der Waals surface area contributed by atoms with Gasteiger partial charge < -0.3 is 4.52 Å². The van der Waals surface area contributed by atoms with Gasteiger partial charge in [-0.25, -0.2) is 4.67 Å². The summed E-state index contributed by atoms with van der Waals surface area (Å²) in [5.74, 6) is 0. The van der Waals surface area contributed by atoms with Crippen molar-refractivity contribution in [2.24, 2.45) is 0 Å². The molecule has 0 saturated carbocycles. The van der Waals surface area contributed by atoms with E-state index < -0.39 is 7.52 Å². The molecule has 2 heterocycles. The van der Waals surface area contributed by atoms with Crippen LogP contribution in [0.25, 0.3) is 0 Å². The van der Waals surface area contributed by atoms with E-state index in [2.05, 4.69) is 0 Å². The average Bonchev–Trinajstić information content (AvgIpc) is 2.36. The third-order valence-electron chi connectivity index (χ3n) is 2.32. The summed E-state index contributed by atoms with van der Waals surface area (Å²) < 4.78 is 18.8. The molecular formula is C6H12NO2P. The SMILES string of the molecule is CP1(=O)OC[C@@H]2CCCN21. The van der Waals surface area contributed by atoms with Crippen LogP contribution in [-0.4, -0.2) is 30.5 Å². The summed E-state index contributed by atoms with van der Waals surface area (Å²) in [6, 6.07) is 0.468. The first-order valence-corrected chi connectivity index (χ1v) is 5.72. The fourth-order valence-corrected chi connectivity index (χ4v) is 3.64. The summed E-state index contributed by atoms with van der Waals surface area (Å²) in [7, 11) is -2.31. The lowest BCUT2D eigenvalue weighted by atomic mass is 10.2. The third-order valence-corrected chi connectivity index (χ3v) is 4.41. The molecule has 0 N–H and O–H groups in total. The molecule has 2 fully saturated rings. The molecule has 2 rings (SSSR count). The van der Waals surface area contributed by atoms with Crippen LogP contribution in [0.5, 0.6) is 0 Å². The zero-order valence-corrected chi connectivity index (χ0v) is 7.01. The average molecular weight is 161 g/mol. The van der Waals surface area contributed by atoms with Gasteiger partial charge in [0.05, 0.1) is 6.61 Å². The van der Waals surface area contributed by atoms with Crippen molar-refractivity contribution in [2.75, 3.05) is 19.8 Å². The van der Waals surface area contributed by atoms with Crippen molar-refractivity contribution in [3.63, 3.8) is 0 Å². The molecule has 0 aromatic heterocycles. The second-order valence-electron chi connectivity index (χ2n) is 3.06. The quantitative estimate of drug-likeness (QED) is 0.501. The Morgan fingerprint density at radius 3 is 3.20 bits per heavy atom. The van der Waals surface area contributed by atoms with Crippen LogP contribution in [0.1, 0.15) is 12.8 Å². The highest BCUT2D eigenvalue weighted by Crippen LogP contribution is 2.56. The van der Waals surface area contributed by atoms with Gasteiger partial charge in [0.15, 0.2) is 0 Å². The van der Waals surface area contributed by atoms with Crippen LogP contribution in [0.3, 0.4) is 0 Å². The van der Waals surface area contributed by atoms with Gasteiger partial charge in [0, 0.05) is 19.3 Å². The van der Waals surface area contributed by atoms with E-state index in [4.69, 9.17) is 4.52 Å². The Morgan fingerprint density at radius 2 is 2.50 bits per heavy atom. The molecule has 0 aromatic rings. The Labute approximate surface area is 60.9 Å². The zero-order valence-electron chi connectivity index (χ0n) is 6.12. The van der Waals surface area contributed by atoms with Gasteiger partial charge in [-0.15, -0.1) is 0 Å².